The van der Waals surface area contributed by atoms with E-state index < -0.39 is 10.0 Å². The summed E-state index contributed by atoms with van der Waals surface area (Å²) in [6, 6.07) is 10.6. The summed E-state index contributed by atoms with van der Waals surface area (Å²) in [6.07, 6.45) is 0. The topological polar surface area (TPSA) is 66.4 Å². The normalized spacial score (nSPS) is 16.4. The summed E-state index contributed by atoms with van der Waals surface area (Å²) in [4.78, 5) is 11.6. The van der Waals surface area contributed by atoms with Gasteiger partial charge in [-0.3, -0.25) is 0 Å². The minimum absolute atomic E-state index is 0.262. The van der Waals surface area contributed by atoms with Crippen molar-refractivity contribution in [3.05, 3.63) is 47.9 Å². The van der Waals surface area contributed by atoms with Gasteiger partial charge in [-0.2, -0.15) is 4.31 Å². The van der Waals surface area contributed by atoms with Crippen molar-refractivity contribution in [2.75, 3.05) is 31.1 Å². The molecule has 1 aromatic heterocycles. The number of hydrogen-bond acceptors (Lipinski definition) is 5. The van der Waals surface area contributed by atoms with Crippen LogP contribution < -0.4 is 4.90 Å². The second kappa shape index (κ2) is 7.09. The average Bonchev–Trinajstić information content (AvgIpc) is 2.62. The second-order valence-electron chi connectivity index (χ2n) is 6.58. The second-order valence-corrected chi connectivity index (χ2v) is 8.52. The fraction of sp³-hybridized carbons (Fsp3) is 0.444. The van der Waals surface area contributed by atoms with Crippen LogP contribution in [-0.4, -0.2) is 48.9 Å². The summed E-state index contributed by atoms with van der Waals surface area (Å²) in [5, 5.41) is 0. The van der Waals surface area contributed by atoms with Gasteiger partial charge in [-0.1, -0.05) is 32.0 Å². The predicted molar refractivity (Wildman–Crippen MR) is 98.3 cm³/mol. The maximum atomic E-state index is 12.7. The maximum Gasteiger partial charge on any atom is 0.243 e. The van der Waals surface area contributed by atoms with E-state index >= 15 is 0 Å². The maximum absolute atomic E-state index is 12.7. The lowest BCUT2D eigenvalue weighted by atomic mass is 10.2. The van der Waals surface area contributed by atoms with Crippen molar-refractivity contribution < 1.29 is 8.42 Å². The van der Waals surface area contributed by atoms with Crippen molar-refractivity contribution in [1.82, 2.24) is 14.3 Å². The SMILES string of the molecule is Cc1cc(N2CCN(S(=O)(=O)c3ccccc3)CC2)nc(C(C)C)n1. The van der Waals surface area contributed by atoms with Gasteiger partial charge in [0, 0.05) is 43.9 Å². The summed E-state index contributed by atoms with van der Waals surface area (Å²) in [6.45, 7) is 8.27. The van der Waals surface area contributed by atoms with E-state index in [9.17, 15) is 8.42 Å². The molecule has 1 aromatic carbocycles. The van der Waals surface area contributed by atoms with Crippen molar-refractivity contribution in [2.45, 2.75) is 31.6 Å². The Labute approximate surface area is 149 Å². The fourth-order valence-electron chi connectivity index (χ4n) is 2.89. The van der Waals surface area contributed by atoms with Gasteiger partial charge in [-0.05, 0) is 19.1 Å². The minimum atomic E-state index is -3.42. The van der Waals surface area contributed by atoms with E-state index in [1.807, 2.05) is 19.1 Å². The van der Waals surface area contributed by atoms with Crippen LogP contribution in [0.15, 0.2) is 41.3 Å². The molecule has 1 fully saturated rings. The number of benzene rings is 1. The molecule has 7 heteroatoms. The van der Waals surface area contributed by atoms with Crippen molar-refractivity contribution >= 4 is 15.8 Å². The third kappa shape index (κ3) is 3.82. The third-order valence-corrected chi connectivity index (χ3v) is 6.23. The highest BCUT2D eigenvalue weighted by molar-refractivity contribution is 7.89. The van der Waals surface area contributed by atoms with Gasteiger partial charge in [-0.15, -0.1) is 0 Å². The molecule has 0 radical (unpaired) electrons. The lowest BCUT2D eigenvalue weighted by molar-refractivity contribution is 0.383. The van der Waals surface area contributed by atoms with Gasteiger partial charge in [0.25, 0.3) is 0 Å². The van der Waals surface area contributed by atoms with E-state index in [0.29, 0.717) is 31.1 Å². The van der Waals surface area contributed by atoms with Crippen molar-refractivity contribution in [3.8, 4) is 0 Å². The molecular formula is C18H24N4O2S. The first-order chi connectivity index (χ1) is 11.9. The van der Waals surface area contributed by atoms with Crippen molar-refractivity contribution in [3.63, 3.8) is 0 Å². The van der Waals surface area contributed by atoms with Crippen LogP contribution in [0, 0.1) is 6.92 Å². The molecule has 0 bridgehead atoms. The Morgan fingerprint density at radius 3 is 2.24 bits per heavy atom. The van der Waals surface area contributed by atoms with Crippen LogP contribution in [-0.2, 0) is 10.0 Å². The summed E-state index contributed by atoms with van der Waals surface area (Å²) < 4.78 is 27.0. The number of nitrogens with zero attached hydrogens (tertiary/aromatic N) is 4. The zero-order valence-electron chi connectivity index (χ0n) is 14.9. The zero-order chi connectivity index (χ0) is 18.0. The number of anilines is 1. The lowest BCUT2D eigenvalue weighted by Gasteiger charge is -2.35. The van der Waals surface area contributed by atoms with Gasteiger partial charge in [0.05, 0.1) is 4.90 Å². The standard InChI is InChI=1S/C18H24N4O2S/c1-14(2)18-19-15(3)13-17(20-18)21-9-11-22(12-10-21)25(23,24)16-7-5-4-6-8-16/h4-8,13-14H,9-12H2,1-3H3. The highest BCUT2D eigenvalue weighted by atomic mass is 32.2. The van der Waals surface area contributed by atoms with Crippen molar-refractivity contribution in [1.29, 1.82) is 0 Å². The molecule has 25 heavy (non-hydrogen) atoms. The van der Waals surface area contributed by atoms with Crippen LogP contribution in [0.4, 0.5) is 5.82 Å². The third-order valence-electron chi connectivity index (χ3n) is 4.32. The van der Waals surface area contributed by atoms with Gasteiger partial charge in [0.1, 0.15) is 11.6 Å². The van der Waals surface area contributed by atoms with E-state index in [1.165, 1.54) is 0 Å². The van der Waals surface area contributed by atoms with Gasteiger partial charge < -0.3 is 4.90 Å². The zero-order valence-corrected chi connectivity index (χ0v) is 15.7. The van der Waals surface area contributed by atoms with Gasteiger partial charge in [0.2, 0.25) is 10.0 Å². The monoisotopic (exact) mass is 360 g/mol. The van der Waals surface area contributed by atoms with Crippen LogP contribution in [0.5, 0.6) is 0 Å². The largest absolute Gasteiger partial charge is 0.354 e. The van der Waals surface area contributed by atoms with E-state index in [2.05, 4.69) is 28.7 Å². The van der Waals surface area contributed by atoms with Crippen LogP contribution in [0.3, 0.4) is 0 Å². The predicted octanol–water partition coefficient (Wildman–Crippen LogP) is 2.42. The average molecular weight is 360 g/mol. The van der Waals surface area contributed by atoms with Crippen molar-refractivity contribution in [2.24, 2.45) is 0 Å². The summed E-state index contributed by atoms with van der Waals surface area (Å²) >= 11 is 0. The molecule has 0 N–H and O–H groups in total. The molecule has 3 rings (SSSR count). The van der Waals surface area contributed by atoms with E-state index in [0.717, 1.165) is 17.3 Å². The molecule has 1 aliphatic heterocycles. The smallest absolute Gasteiger partial charge is 0.243 e. The molecular weight excluding hydrogens is 336 g/mol. The number of sulfonamides is 1. The minimum Gasteiger partial charge on any atom is -0.354 e. The number of aryl methyl sites for hydroxylation is 1. The van der Waals surface area contributed by atoms with Crippen LogP contribution in [0.2, 0.25) is 0 Å². The summed E-state index contributed by atoms with van der Waals surface area (Å²) in [5.41, 5.74) is 0.938. The molecule has 0 spiro atoms. The Bertz CT molecular complexity index is 829. The number of hydrogen-bond donors (Lipinski definition) is 0. The molecule has 1 saturated heterocycles. The van der Waals surface area contributed by atoms with E-state index in [4.69, 9.17) is 0 Å². The first kappa shape index (κ1) is 17.8. The highest BCUT2D eigenvalue weighted by Crippen LogP contribution is 2.21. The Balaban J connectivity index is 1.74. The van der Waals surface area contributed by atoms with Crippen LogP contribution >= 0.6 is 0 Å². The molecule has 1 aliphatic rings. The van der Waals surface area contributed by atoms with E-state index in [-0.39, 0.29) is 5.92 Å². The molecule has 6 nitrogen and oxygen atoms in total. The van der Waals surface area contributed by atoms with Gasteiger partial charge >= 0.3 is 0 Å². The number of rotatable bonds is 4. The highest BCUT2D eigenvalue weighted by Gasteiger charge is 2.29. The molecule has 2 heterocycles. The molecule has 2 aromatic rings. The molecule has 134 valence electrons. The fourth-order valence-corrected chi connectivity index (χ4v) is 4.34. The molecule has 0 unspecified atom stereocenters. The van der Waals surface area contributed by atoms with Crippen LogP contribution in [0.25, 0.3) is 0 Å². The quantitative estimate of drug-likeness (QED) is 0.838. The molecule has 0 amide bonds. The first-order valence-corrected chi connectivity index (χ1v) is 9.97. The molecule has 0 aliphatic carbocycles. The van der Waals surface area contributed by atoms with Gasteiger partial charge in [0.15, 0.2) is 0 Å². The molecule has 0 saturated carbocycles. The Morgan fingerprint density at radius 1 is 1.00 bits per heavy atom. The van der Waals surface area contributed by atoms with Gasteiger partial charge in [-0.25, -0.2) is 18.4 Å². The Hall–Kier alpha value is -1.99. The first-order valence-electron chi connectivity index (χ1n) is 8.53. The molecule has 0 atom stereocenters. The Kier molecular flexibility index (Phi) is 5.06. The summed E-state index contributed by atoms with van der Waals surface area (Å²) in [7, 11) is -3.42. The van der Waals surface area contributed by atoms with Crippen LogP contribution in [0.1, 0.15) is 31.3 Å². The number of aromatic nitrogens is 2. The number of piperazine rings is 1. The van der Waals surface area contributed by atoms with E-state index in [1.54, 1.807) is 28.6 Å². The Morgan fingerprint density at radius 2 is 1.64 bits per heavy atom. The summed E-state index contributed by atoms with van der Waals surface area (Å²) in [5.74, 6) is 1.97. The lowest BCUT2D eigenvalue weighted by Crippen LogP contribution is -2.49.